The van der Waals surface area contributed by atoms with Crippen LogP contribution in [0.15, 0.2) is 75.7 Å². The summed E-state index contributed by atoms with van der Waals surface area (Å²) in [6, 6.07) is 14.6. The summed E-state index contributed by atoms with van der Waals surface area (Å²) >= 11 is 13.5. The second-order valence-corrected chi connectivity index (χ2v) is 12.6. The largest absolute Gasteiger partial charge is 0.493 e. The monoisotopic (exact) mass is 740 g/mol. The molecule has 5 rings (SSSR count). The number of nitrogens with zero attached hydrogens (tertiary/aromatic N) is 2. The van der Waals surface area contributed by atoms with Gasteiger partial charge in [-0.15, -0.1) is 0 Å². The summed E-state index contributed by atoms with van der Waals surface area (Å²) in [6.07, 6.45) is 1.72. The van der Waals surface area contributed by atoms with Crippen LogP contribution in [0.5, 0.6) is 23.0 Å². The number of esters is 2. The Balaban J connectivity index is 1.55. The number of hydrogen-bond acceptors (Lipinski definition) is 11. The molecule has 0 saturated heterocycles. The van der Waals surface area contributed by atoms with Crippen LogP contribution in [0, 0.1) is 0 Å². The van der Waals surface area contributed by atoms with Crippen molar-refractivity contribution in [3.8, 4) is 23.0 Å². The van der Waals surface area contributed by atoms with Crippen molar-refractivity contribution in [2.45, 2.75) is 33.4 Å². The van der Waals surface area contributed by atoms with E-state index in [1.165, 1.54) is 30.1 Å². The molecule has 4 aromatic rings. The zero-order chi connectivity index (χ0) is 35.9. The first-order chi connectivity index (χ1) is 24.1. The molecular formula is C36H34Cl2N2O9S. The normalized spacial score (nSPS) is 14.1. The van der Waals surface area contributed by atoms with Crippen LogP contribution in [0.25, 0.3) is 6.08 Å². The van der Waals surface area contributed by atoms with Crippen molar-refractivity contribution < 1.29 is 38.0 Å². The van der Waals surface area contributed by atoms with Crippen molar-refractivity contribution in [1.82, 2.24) is 4.57 Å². The van der Waals surface area contributed by atoms with Gasteiger partial charge < -0.3 is 28.4 Å². The minimum atomic E-state index is -0.897. The Kier molecular flexibility index (Phi) is 11.9. The minimum absolute atomic E-state index is 0.130. The summed E-state index contributed by atoms with van der Waals surface area (Å²) in [4.78, 5) is 44.3. The number of carbonyl (C=O) groups is 2. The molecule has 3 aromatic carbocycles. The van der Waals surface area contributed by atoms with Gasteiger partial charge in [-0.3, -0.25) is 9.36 Å². The Hall–Kier alpha value is -4.78. The maximum atomic E-state index is 14.2. The van der Waals surface area contributed by atoms with E-state index in [0.29, 0.717) is 65.8 Å². The van der Waals surface area contributed by atoms with Gasteiger partial charge >= 0.3 is 11.9 Å². The maximum Gasteiger partial charge on any atom is 0.343 e. The molecule has 0 radical (unpaired) electrons. The van der Waals surface area contributed by atoms with Crippen LogP contribution < -0.4 is 33.8 Å². The van der Waals surface area contributed by atoms with E-state index in [-0.39, 0.29) is 31.0 Å². The number of rotatable bonds is 13. The molecule has 1 aliphatic rings. The second-order valence-electron chi connectivity index (χ2n) is 10.7. The fourth-order valence-corrected chi connectivity index (χ4v) is 6.73. The summed E-state index contributed by atoms with van der Waals surface area (Å²) in [5, 5.41) is 1.01. The first-order valence-electron chi connectivity index (χ1n) is 15.5. The summed E-state index contributed by atoms with van der Waals surface area (Å²) in [5.74, 6) is 0.390. The van der Waals surface area contributed by atoms with Crippen molar-refractivity contribution in [1.29, 1.82) is 0 Å². The van der Waals surface area contributed by atoms with Crippen LogP contribution in [0.4, 0.5) is 0 Å². The number of hydrogen-bond donors (Lipinski definition) is 0. The van der Waals surface area contributed by atoms with Gasteiger partial charge in [0.15, 0.2) is 34.4 Å². The van der Waals surface area contributed by atoms with Crippen LogP contribution in [0.2, 0.25) is 10.0 Å². The van der Waals surface area contributed by atoms with Crippen molar-refractivity contribution in [2.24, 2.45) is 4.99 Å². The summed E-state index contributed by atoms with van der Waals surface area (Å²) in [7, 11) is 2.79. The Morgan fingerprint density at radius 1 is 0.920 bits per heavy atom. The highest BCUT2D eigenvalue weighted by atomic mass is 35.5. The lowest BCUT2D eigenvalue weighted by molar-refractivity contribution is -0.143. The summed E-state index contributed by atoms with van der Waals surface area (Å²) < 4.78 is 35.0. The van der Waals surface area contributed by atoms with Gasteiger partial charge in [-0.05, 0) is 74.4 Å². The molecule has 262 valence electrons. The molecule has 14 heteroatoms. The Morgan fingerprint density at radius 3 is 2.38 bits per heavy atom. The third-order valence-corrected chi connectivity index (χ3v) is 9.13. The molecule has 0 saturated carbocycles. The lowest BCUT2D eigenvalue weighted by Gasteiger charge is -2.25. The molecule has 0 spiro atoms. The minimum Gasteiger partial charge on any atom is -0.493 e. The van der Waals surface area contributed by atoms with Gasteiger partial charge in [0.25, 0.3) is 5.56 Å². The standard InChI is InChI=1S/C36H34Cl2N2O9S/c1-6-46-29-16-22(10-13-27(29)49-19-31(41)45-5)33-32(35(43)47-7-2)20(3)39-36-40(33)34(42)30(50-36)15-21-8-12-26(28(14-21)44-4)48-18-23-9-11-24(37)17-25(23)38/h8-17,33H,6-7,18-19H2,1-5H3/b30-15-/t33-/m0/s1. The molecule has 11 nitrogen and oxygen atoms in total. The number of fused-ring (bicyclic) bond motifs is 1. The van der Waals surface area contributed by atoms with Gasteiger partial charge in [-0.1, -0.05) is 52.7 Å². The topological polar surface area (TPSA) is 124 Å². The molecule has 0 N–H and O–H groups in total. The number of halogens is 2. The quantitative estimate of drug-likeness (QED) is 0.160. The average molecular weight is 742 g/mol. The molecule has 2 heterocycles. The van der Waals surface area contributed by atoms with E-state index in [0.717, 1.165) is 5.56 Å². The number of ether oxygens (including phenoxy) is 6. The molecule has 0 aliphatic carbocycles. The summed E-state index contributed by atoms with van der Waals surface area (Å²) in [6.45, 7) is 5.50. The van der Waals surface area contributed by atoms with Gasteiger partial charge in [0.2, 0.25) is 0 Å². The Morgan fingerprint density at radius 2 is 1.68 bits per heavy atom. The van der Waals surface area contributed by atoms with E-state index < -0.39 is 18.0 Å². The van der Waals surface area contributed by atoms with Crippen molar-refractivity contribution >= 4 is 52.6 Å². The molecule has 50 heavy (non-hydrogen) atoms. The van der Waals surface area contributed by atoms with Gasteiger partial charge in [0.1, 0.15) is 6.61 Å². The summed E-state index contributed by atoms with van der Waals surface area (Å²) in [5.41, 5.74) is 2.23. The van der Waals surface area contributed by atoms with E-state index in [4.69, 9.17) is 46.9 Å². The molecule has 1 aromatic heterocycles. The average Bonchev–Trinajstić information content (AvgIpc) is 3.40. The van der Waals surface area contributed by atoms with Gasteiger partial charge in [0, 0.05) is 15.6 Å². The van der Waals surface area contributed by atoms with Crippen LogP contribution in [0.3, 0.4) is 0 Å². The Labute approximate surface area is 301 Å². The lowest BCUT2D eigenvalue weighted by Crippen LogP contribution is -2.40. The number of allylic oxidation sites excluding steroid dienone is 1. The smallest absolute Gasteiger partial charge is 0.343 e. The number of thiazole rings is 1. The van der Waals surface area contributed by atoms with Crippen LogP contribution in [-0.2, 0) is 25.7 Å². The number of benzene rings is 3. The predicted octanol–water partition coefficient (Wildman–Crippen LogP) is 5.64. The van der Waals surface area contributed by atoms with E-state index in [2.05, 4.69) is 9.73 Å². The van der Waals surface area contributed by atoms with E-state index in [9.17, 15) is 14.4 Å². The first-order valence-corrected chi connectivity index (χ1v) is 17.1. The zero-order valence-electron chi connectivity index (χ0n) is 27.9. The lowest BCUT2D eigenvalue weighted by atomic mass is 9.95. The third-order valence-electron chi connectivity index (χ3n) is 7.56. The van der Waals surface area contributed by atoms with Crippen LogP contribution in [0.1, 0.15) is 43.5 Å². The molecule has 0 bridgehead atoms. The number of aromatic nitrogens is 1. The zero-order valence-corrected chi connectivity index (χ0v) is 30.2. The highest BCUT2D eigenvalue weighted by Crippen LogP contribution is 2.37. The third kappa shape index (κ3) is 7.99. The van der Waals surface area contributed by atoms with Crippen LogP contribution >= 0.6 is 34.5 Å². The van der Waals surface area contributed by atoms with Crippen molar-refractivity contribution in [3.63, 3.8) is 0 Å². The van der Waals surface area contributed by atoms with Gasteiger partial charge in [0.05, 0.1) is 49.3 Å². The van der Waals surface area contributed by atoms with E-state index in [1.54, 1.807) is 81.4 Å². The number of methoxy groups -OCH3 is 2. The van der Waals surface area contributed by atoms with Crippen LogP contribution in [-0.4, -0.2) is 50.5 Å². The Bertz CT molecular complexity index is 2140. The van der Waals surface area contributed by atoms with Gasteiger partial charge in [-0.25, -0.2) is 14.6 Å². The molecule has 0 fully saturated rings. The second kappa shape index (κ2) is 16.3. The predicted molar refractivity (Wildman–Crippen MR) is 189 cm³/mol. The maximum absolute atomic E-state index is 14.2. The molecular weight excluding hydrogens is 707 g/mol. The van der Waals surface area contributed by atoms with Crippen molar-refractivity contribution in [2.75, 3.05) is 34.0 Å². The highest BCUT2D eigenvalue weighted by Gasteiger charge is 2.34. The fraction of sp³-hybridized carbons (Fsp3) is 0.278. The SMILES string of the molecule is CCOC(=O)C1=C(C)N=c2s/c(=C\c3ccc(OCc4ccc(Cl)cc4Cl)c(OC)c3)c(=O)n2[C@H]1c1ccc(OCC(=O)OC)c(OCC)c1. The van der Waals surface area contributed by atoms with Crippen molar-refractivity contribution in [3.05, 3.63) is 112 Å². The molecule has 1 atom stereocenters. The highest BCUT2D eigenvalue weighted by molar-refractivity contribution is 7.07. The fourth-order valence-electron chi connectivity index (χ4n) is 5.22. The molecule has 1 aliphatic heterocycles. The molecule has 0 amide bonds. The number of carbonyl (C=O) groups excluding carboxylic acids is 2. The van der Waals surface area contributed by atoms with E-state index in [1.807, 2.05) is 0 Å². The molecule has 0 unspecified atom stereocenters. The van der Waals surface area contributed by atoms with E-state index >= 15 is 0 Å². The van der Waals surface area contributed by atoms with Gasteiger partial charge in [-0.2, -0.15) is 0 Å². The first kappa shape index (κ1) is 36.5.